The van der Waals surface area contributed by atoms with Gasteiger partial charge in [-0.3, -0.25) is 9.48 Å². The molecule has 3 heterocycles. The summed E-state index contributed by atoms with van der Waals surface area (Å²) in [7, 11) is 0. The standard InChI is InChI=1S/C17H18FN3O3/c18-13-2-1-3-15(6-13)24-11-14-7-16-17(22)20(4-5-21(16)19-14)8-12-9-23-10-12/h1-3,6-7,12H,4-5,8-11H2. The van der Waals surface area contributed by atoms with Crippen molar-refractivity contribution in [2.75, 3.05) is 26.3 Å². The number of amides is 1. The summed E-state index contributed by atoms with van der Waals surface area (Å²) in [5.41, 5.74) is 1.25. The molecule has 1 aromatic heterocycles. The Morgan fingerprint density at radius 1 is 1.29 bits per heavy atom. The van der Waals surface area contributed by atoms with Gasteiger partial charge in [0, 0.05) is 25.1 Å². The Hall–Kier alpha value is -2.41. The highest BCUT2D eigenvalue weighted by Crippen LogP contribution is 2.19. The van der Waals surface area contributed by atoms with E-state index in [1.165, 1.54) is 12.1 Å². The van der Waals surface area contributed by atoms with Gasteiger partial charge in [0.25, 0.3) is 5.91 Å². The second kappa shape index (κ2) is 6.24. The van der Waals surface area contributed by atoms with Crippen LogP contribution < -0.4 is 4.74 Å². The molecule has 2 aliphatic rings. The number of rotatable bonds is 5. The fourth-order valence-corrected chi connectivity index (χ4v) is 2.95. The van der Waals surface area contributed by atoms with E-state index in [-0.39, 0.29) is 18.3 Å². The predicted molar refractivity (Wildman–Crippen MR) is 83.2 cm³/mol. The maximum Gasteiger partial charge on any atom is 0.272 e. The molecule has 0 N–H and O–H groups in total. The second-order valence-electron chi connectivity index (χ2n) is 6.14. The van der Waals surface area contributed by atoms with Gasteiger partial charge in [0.1, 0.15) is 29.6 Å². The van der Waals surface area contributed by atoms with Crippen LogP contribution in [0.4, 0.5) is 4.39 Å². The normalized spacial score (nSPS) is 17.5. The van der Waals surface area contributed by atoms with Crippen LogP contribution in [0, 0.1) is 11.7 Å². The molecule has 4 rings (SSSR count). The van der Waals surface area contributed by atoms with Crippen LogP contribution in [0.25, 0.3) is 0 Å². The number of fused-ring (bicyclic) bond motifs is 1. The molecular formula is C17H18FN3O3. The van der Waals surface area contributed by atoms with Crippen molar-refractivity contribution in [2.24, 2.45) is 5.92 Å². The molecule has 1 saturated heterocycles. The van der Waals surface area contributed by atoms with E-state index in [0.29, 0.717) is 36.1 Å². The molecule has 6 nitrogen and oxygen atoms in total. The summed E-state index contributed by atoms with van der Waals surface area (Å²) in [6, 6.07) is 7.72. The molecule has 0 atom stereocenters. The average molecular weight is 331 g/mol. The molecule has 7 heteroatoms. The molecule has 1 aromatic carbocycles. The van der Waals surface area contributed by atoms with Crippen LogP contribution in [0.1, 0.15) is 16.2 Å². The number of ether oxygens (including phenoxy) is 2. The highest BCUT2D eigenvalue weighted by Gasteiger charge is 2.30. The fourth-order valence-electron chi connectivity index (χ4n) is 2.95. The predicted octanol–water partition coefficient (Wildman–Crippen LogP) is 1.70. The molecule has 0 saturated carbocycles. The van der Waals surface area contributed by atoms with Crippen molar-refractivity contribution in [1.29, 1.82) is 0 Å². The summed E-state index contributed by atoms with van der Waals surface area (Å²) in [5, 5.41) is 4.41. The summed E-state index contributed by atoms with van der Waals surface area (Å²) in [6.07, 6.45) is 0. The van der Waals surface area contributed by atoms with Crippen molar-refractivity contribution in [3.05, 3.63) is 47.5 Å². The second-order valence-corrected chi connectivity index (χ2v) is 6.14. The number of hydrogen-bond acceptors (Lipinski definition) is 4. The smallest absolute Gasteiger partial charge is 0.272 e. The molecule has 2 aliphatic heterocycles. The summed E-state index contributed by atoms with van der Waals surface area (Å²) in [5.74, 6) is 0.540. The van der Waals surface area contributed by atoms with Gasteiger partial charge in [0.05, 0.1) is 19.8 Å². The summed E-state index contributed by atoms with van der Waals surface area (Å²) in [4.78, 5) is 14.4. The Morgan fingerprint density at radius 3 is 2.92 bits per heavy atom. The third-order valence-corrected chi connectivity index (χ3v) is 4.29. The Balaban J connectivity index is 1.42. The van der Waals surface area contributed by atoms with E-state index in [2.05, 4.69) is 5.10 Å². The molecule has 0 unspecified atom stereocenters. The monoisotopic (exact) mass is 331 g/mol. The third-order valence-electron chi connectivity index (χ3n) is 4.29. The van der Waals surface area contributed by atoms with Crippen LogP contribution in [-0.2, 0) is 17.9 Å². The van der Waals surface area contributed by atoms with E-state index in [0.717, 1.165) is 19.8 Å². The van der Waals surface area contributed by atoms with Crippen LogP contribution in [0.15, 0.2) is 30.3 Å². The van der Waals surface area contributed by atoms with Crippen molar-refractivity contribution < 1.29 is 18.7 Å². The van der Waals surface area contributed by atoms with E-state index in [1.807, 2.05) is 4.90 Å². The van der Waals surface area contributed by atoms with Crippen LogP contribution in [0.5, 0.6) is 5.75 Å². The number of carbonyl (C=O) groups is 1. The Morgan fingerprint density at radius 2 is 2.17 bits per heavy atom. The minimum absolute atomic E-state index is 0.00217. The lowest BCUT2D eigenvalue weighted by atomic mass is 10.1. The van der Waals surface area contributed by atoms with Crippen molar-refractivity contribution in [3.8, 4) is 5.75 Å². The van der Waals surface area contributed by atoms with Gasteiger partial charge in [-0.05, 0) is 18.2 Å². The van der Waals surface area contributed by atoms with Crippen molar-refractivity contribution in [1.82, 2.24) is 14.7 Å². The highest BCUT2D eigenvalue weighted by molar-refractivity contribution is 5.93. The Kier molecular flexibility index (Phi) is 3.93. The molecular weight excluding hydrogens is 313 g/mol. The van der Waals surface area contributed by atoms with Gasteiger partial charge < -0.3 is 14.4 Å². The minimum atomic E-state index is -0.345. The van der Waals surface area contributed by atoms with Crippen molar-refractivity contribution in [2.45, 2.75) is 13.2 Å². The molecule has 0 spiro atoms. The van der Waals surface area contributed by atoms with E-state index in [9.17, 15) is 9.18 Å². The lowest BCUT2D eigenvalue weighted by Gasteiger charge is -2.34. The zero-order valence-corrected chi connectivity index (χ0v) is 13.2. The van der Waals surface area contributed by atoms with E-state index in [4.69, 9.17) is 9.47 Å². The number of hydrogen-bond donors (Lipinski definition) is 0. The number of aromatic nitrogens is 2. The van der Waals surface area contributed by atoms with Crippen LogP contribution >= 0.6 is 0 Å². The zero-order chi connectivity index (χ0) is 16.5. The average Bonchev–Trinajstić information content (AvgIpc) is 2.95. The molecule has 126 valence electrons. The molecule has 0 radical (unpaired) electrons. The number of benzene rings is 1. The van der Waals surface area contributed by atoms with E-state index >= 15 is 0 Å². The van der Waals surface area contributed by atoms with Gasteiger partial charge in [-0.15, -0.1) is 0 Å². The highest BCUT2D eigenvalue weighted by atomic mass is 19.1. The van der Waals surface area contributed by atoms with Gasteiger partial charge in [-0.2, -0.15) is 5.10 Å². The Bertz CT molecular complexity index is 757. The molecule has 2 aromatic rings. The zero-order valence-electron chi connectivity index (χ0n) is 13.2. The lowest BCUT2D eigenvalue weighted by molar-refractivity contribution is -0.0445. The van der Waals surface area contributed by atoms with Crippen LogP contribution in [0.2, 0.25) is 0 Å². The van der Waals surface area contributed by atoms with E-state index in [1.54, 1.807) is 22.9 Å². The molecule has 0 bridgehead atoms. The quantitative estimate of drug-likeness (QED) is 0.837. The van der Waals surface area contributed by atoms with Crippen molar-refractivity contribution in [3.63, 3.8) is 0 Å². The number of carbonyl (C=O) groups excluding carboxylic acids is 1. The first-order valence-corrected chi connectivity index (χ1v) is 8.01. The van der Waals surface area contributed by atoms with Crippen molar-refractivity contribution >= 4 is 5.91 Å². The molecule has 0 aliphatic carbocycles. The topological polar surface area (TPSA) is 56.6 Å². The first kappa shape index (κ1) is 15.1. The number of halogens is 1. The maximum atomic E-state index is 13.2. The first-order valence-electron chi connectivity index (χ1n) is 8.01. The van der Waals surface area contributed by atoms with Gasteiger partial charge in [-0.25, -0.2) is 4.39 Å². The van der Waals surface area contributed by atoms with E-state index < -0.39 is 0 Å². The van der Waals surface area contributed by atoms with Crippen LogP contribution in [0.3, 0.4) is 0 Å². The first-order chi connectivity index (χ1) is 11.7. The maximum absolute atomic E-state index is 13.2. The largest absolute Gasteiger partial charge is 0.487 e. The number of nitrogens with zero attached hydrogens (tertiary/aromatic N) is 3. The van der Waals surface area contributed by atoms with Gasteiger partial charge in [0.15, 0.2) is 0 Å². The Labute approximate surface area is 138 Å². The molecule has 1 fully saturated rings. The third kappa shape index (κ3) is 2.99. The SMILES string of the molecule is O=C1c2cc(COc3cccc(F)c3)nn2CCN1CC1COC1. The summed E-state index contributed by atoms with van der Waals surface area (Å²) in [6.45, 7) is 3.74. The summed E-state index contributed by atoms with van der Waals surface area (Å²) < 4.78 is 25.6. The van der Waals surface area contributed by atoms with Crippen LogP contribution in [-0.4, -0.2) is 46.9 Å². The molecule has 24 heavy (non-hydrogen) atoms. The van der Waals surface area contributed by atoms with Gasteiger partial charge >= 0.3 is 0 Å². The molecule has 1 amide bonds. The summed E-state index contributed by atoms with van der Waals surface area (Å²) >= 11 is 0. The lowest BCUT2D eigenvalue weighted by Crippen LogP contribution is -2.46. The van der Waals surface area contributed by atoms with Gasteiger partial charge in [0.2, 0.25) is 0 Å². The fraction of sp³-hybridized carbons (Fsp3) is 0.412. The van der Waals surface area contributed by atoms with Gasteiger partial charge in [-0.1, -0.05) is 6.07 Å². The minimum Gasteiger partial charge on any atom is -0.487 e.